The molecule has 4 nitrogen and oxygen atoms in total. The Labute approximate surface area is 103 Å². The van der Waals surface area contributed by atoms with Gasteiger partial charge in [-0.25, -0.2) is 0 Å². The van der Waals surface area contributed by atoms with Crippen molar-refractivity contribution in [2.75, 3.05) is 13.7 Å². The van der Waals surface area contributed by atoms with Crippen LogP contribution in [-0.2, 0) is 11.3 Å². The second-order valence-electron chi connectivity index (χ2n) is 3.23. The van der Waals surface area contributed by atoms with E-state index in [0.717, 1.165) is 15.8 Å². The molecule has 0 heterocycles. The van der Waals surface area contributed by atoms with Crippen LogP contribution in [0.15, 0.2) is 22.7 Å². The number of rotatable bonds is 5. The van der Waals surface area contributed by atoms with Crippen LogP contribution in [-0.4, -0.2) is 19.6 Å². The fourth-order valence-corrected chi connectivity index (χ4v) is 1.59. The first-order valence-electron chi connectivity index (χ1n) is 4.99. The van der Waals surface area contributed by atoms with E-state index >= 15 is 0 Å². The lowest BCUT2D eigenvalue weighted by Gasteiger charge is -2.08. The summed E-state index contributed by atoms with van der Waals surface area (Å²) in [7, 11) is 1.61. The Bertz CT molecular complexity index is 369. The van der Waals surface area contributed by atoms with Crippen LogP contribution in [0.3, 0.4) is 0 Å². The van der Waals surface area contributed by atoms with Crippen LogP contribution in [0.25, 0.3) is 0 Å². The van der Waals surface area contributed by atoms with Gasteiger partial charge in [0.15, 0.2) is 0 Å². The maximum Gasteiger partial charge on any atom is 0.223 e. The highest BCUT2D eigenvalue weighted by molar-refractivity contribution is 9.10. The van der Waals surface area contributed by atoms with E-state index in [1.54, 1.807) is 7.05 Å². The van der Waals surface area contributed by atoms with Crippen molar-refractivity contribution in [1.29, 1.82) is 0 Å². The van der Waals surface area contributed by atoms with Gasteiger partial charge >= 0.3 is 0 Å². The molecule has 0 unspecified atom stereocenters. The van der Waals surface area contributed by atoms with Gasteiger partial charge in [0, 0.05) is 18.1 Å². The number of ether oxygens (including phenoxy) is 1. The van der Waals surface area contributed by atoms with E-state index in [0.29, 0.717) is 19.6 Å². The number of carbonyl (C=O) groups is 1. The Kier molecular flexibility index (Phi) is 5.28. The minimum absolute atomic E-state index is 0.0313. The first-order valence-corrected chi connectivity index (χ1v) is 5.78. The van der Waals surface area contributed by atoms with Crippen molar-refractivity contribution in [3.05, 3.63) is 28.2 Å². The highest BCUT2D eigenvalue weighted by Gasteiger charge is 2.02. The summed E-state index contributed by atoms with van der Waals surface area (Å²) in [6.45, 7) is 0.818. The molecule has 0 bridgehead atoms. The van der Waals surface area contributed by atoms with Crippen molar-refractivity contribution in [3.63, 3.8) is 0 Å². The summed E-state index contributed by atoms with van der Waals surface area (Å²) in [6.07, 6.45) is 0.352. The molecule has 0 aliphatic heterocycles. The third-order valence-electron chi connectivity index (χ3n) is 2.11. The maximum absolute atomic E-state index is 11.0. The molecule has 1 aromatic carbocycles. The molecule has 0 saturated heterocycles. The average Bonchev–Trinajstić information content (AvgIpc) is 2.31. The number of hydrogen-bond donors (Lipinski definition) is 2. The van der Waals surface area contributed by atoms with Gasteiger partial charge in [-0.15, -0.1) is 0 Å². The molecule has 0 saturated carbocycles. The standard InChI is InChI=1S/C11H15BrN2O2/c1-14-11(15)4-5-16-9-2-3-10(12)8(6-9)7-13/h2-3,6H,4-5,7,13H2,1H3,(H,14,15). The molecule has 88 valence electrons. The molecule has 0 radical (unpaired) electrons. The molecule has 1 rings (SSSR count). The van der Waals surface area contributed by atoms with Crippen molar-refractivity contribution in [3.8, 4) is 5.75 Å². The predicted octanol–water partition coefficient (Wildman–Crippen LogP) is 1.42. The van der Waals surface area contributed by atoms with Gasteiger partial charge in [-0.3, -0.25) is 4.79 Å². The topological polar surface area (TPSA) is 64.3 Å². The van der Waals surface area contributed by atoms with Crippen molar-refractivity contribution < 1.29 is 9.53 Å². The van der Waals surface area contributed by atoms with Crippen molar-refractivity contribution >= 4 is 21.8 Å². The van der Waals surface area contributed by atoms with Crippen molar-refractivity contribution in [2.24, 2.45) is 5.73 Å². The number of nitrogens with one attached hydrogen (secondary N) is 1. The smallest absolute Gasteiger partial charge is 0.223 e. The first kappa shape index (κ1) is 13.0. The predicted molar refractivity (Wildman–Crippen MR) is 66.2 cm³/mol. The molecular formula is C11H15BrN2O2. The molecule has 0 aromatic heterocycles. The van der Waals surface area contributed by atoms with E-state index in [1.807, 2.05) is 18.2 Å². The van der Waals surface area contributed by atoms with Gasteiger partial charge in [-0.2, -0.15) is 0 Å². The van der Waals surface area contributed by atoms with Gasteiger partial charge in [0.05, 0.1) is 13.0 Å². The molecular weight excluding hydrogens is 272 g/mol. The normalized spacial score (nSPS) is 9.94. The molecule has 0 aliphatic rings. The van der Waals surface area contributed by atoms with Crippen LogP contribution < -0.4 is 15.8 Å². The van der Waals surface area contributed by atoms with Crippen LogP contribution in [0.1, 0.15) is 12.0 Å². The Balaban J connectivity index is 2.51. The summed E-state index contributed by atoms with van der Waals surface area (Å²) in [6, 6.07) is 5.60. The molecule has 1 aromatic rings. The Morgan fingerprint density at radius 2 is 2.31 bits per heavy atom. The number of amides is 1. The molecule has 1 amide bonds. The van der Waals surface area contributed by atoms with Gasteiger partial charge in [0.1, 0.15) is 5.75 Å². The minimum atomic E-state index is -0.0313. The third-order valence-corrected chi connectivity index (χ3v) is 2.89. The van der Waals surface area contributed by atoms with E-state index in [1.165, 1.54) is 0 Å². The number of nitrogens with two attached hydrogens (primary N) is 1. The van der Waals surface area contributed by atoms with Crippen molar-refractivity contribution in [1.82, 2.24) is 5.32 Å². The second-order valence-corrected chi connectivity index (χ2v) is 4.08. The zero-order valence-corrected chi connectivity index (χ0v) is 10.7. The first-order chi connectivity index (χ1) is 7.67. The van der Waals surface area contributed by atoms with Crippen LogP contribution >= 0.6 is 15.9 Å². The zero-order chi connectivity index (χ0) is 12.0. The van der Waals surface area contributed by atoms with Gasteiger partial charge in [0.2, 0.25) is 5.91 Å². The van der Waals surface area contributed by atoms with Crippen molar-refractivity contribution in [2.45, 2.75) is 13.0 Å². The monoisotopic (exact) mass is 286 g/mol. The SMILES string of the molecule is CNC(=O)CCOc1ccc(Br)c(CN)c1. The van der Waals surface area contributed by atoms with Gasteiger partial charge < -0.3 is 15.8 Å². The number of halogens is 1. The highest BCUT2D eigenvalue weighted by atomic mass is 79.9. The summed E-state index contributed by atoms with van der Waals surface area (Å²) in [5, 5.41) is 2.54. The maximum atomic E-state index is 11.0. The summed E-state index contributed by atoms with van der Waals surface area (Å²) in [5.74, 6) is 0.698. The summed E-state index contributed by atoms with van der Waals surface area (Å²) in [4.78, 5) is 11.0. The molecule has 16 heavy (non-hydrogen) atoms. The lowest BCUT2D eigenvalue weighted by molar-refractivity contribution is -0.121. The van der Waals surface area contributed by atoms with E-state index < -0.39 is 0 Å². The Hall–Kier alpha value is -1.07. The van der Waals surface area contributed by atoms with Gasteiger partial charge in [0.25, 0.3) is 0 Å². The number of hydrogen-bond acceptors (Lipinski definition) is 3. The fourth-order valence-electron chi connectivity index (χ4n) is 1.18. The second kappa shape index (κ2) is 6.50. The zero-order valence-electron chi connectivity index (χ0n) is 9.13. The number of benzene rings is 1. The molecule has 0 spiro atoms. The Morgan fingerprint density at radius 3 is 2.94 bits per heavy atom. The Morgan fingerprint density at radius 1 is 1.56 bits per heavy atom. The van der Waals surface area contributed by atoms with E-state index in [2.05, 4.69) is 21.2 Å². The largest absolute Gasteiger partial charge is 0.493 e. The van der Waals surface area contributed by atoms with Crippen LogP contribution in [0.5, 0.6) is 5.75 Å². The number of carbonyl (C=O) groups excluding carboxylic acids is 1. The molecule has 5 heteroatoms. The summed E-state index contributed by atoms with van der Waals surface area (Å²) < 4.78 is 6.41. The molecule has 3 N–H and O–H groups in total. The molecule has 0 fully saturated rings. The third kappa shape index (κ3) is 3.83. The van der Waals surface area contributed by atoms with Crippen LogP contribution in [0.4, 0.5) is 0 Å². The van der Waals surface area contributed by atoms with Crippen LogP contribution in [0, 0.1) is 0 Å². The van der Waals surface area contributed by atoms with E-state index in [4.69, 9.17) is 10.5 Å². The lowest BCUT2D eigenvalue weighted by atomic mass is 10.2. The quantitative estimate of drug-likeness (QED) is 0.861. The molecule has 0 aliphatic carbocycles. The highest BCUT2D eigenvalue weighted by Crippen LogP contribution is 2.22. The van der Waals surface area contributed by atoms with Gasteiger partial charge in [-0.05, 0) is 23.8 Å². The average molecular weight is 287 g/mol. The summed E-state index contributed by atoms with van der Waals surface area (Å²) in [5.41, 5.74) is 6.55. The van der Waals surface area contributed by atoms with E-state index in [9.17, 15) is 4.79 Å². The van der Waals surface area contributed by atoms with Crippen LogP contribution in [0.2, 0.25) is 0 Å². The molecule has 0 atom stereocenters. The minimum Gasteiger partial charge on any atom is -0.493 e. The lowest BCUT2D eigenvalue weighted by Crippen LogP contribution is -2.20. The van der Waals surface area contributed by atoms with E-state index in [-0.39, 0.29) is 5.91 Å². The summed E-state index contributed by atoms with van der Waals surface area (Å²) >= 11 is 3.39. The fraction of sp³-hybridized carbons (Fsp3) is 0.364. The van der Waals surface area contributed by atoms with Gasteiger partial charge in [-0.1, -0.05) is 15.9 Å².